The molecule has 2 aliphatic rings. The lowest BCUT2D eigenvalue weighted by Gasteiger charge is -2.33. The molecule has 29 heavy (non-hydrogen) atoms. The van der Waals surface area contributed by atoms with Crippen molar-refractivity contribution in [1.29, 1.82) is 0 Å². The molecule has 1 spiro atoms. The van der Waals surface area contributed by atoms with Crippen molar-refractivity contribution >= 4 is 17.7 Å². The van der Waals surface area contributed by atoms with Gasteiger partial charge in [-0.3, -0.25) is 14.4 Å². The summed E-state index contributed by atoms with van der Waals surface area (Å²) >= 11 is 0. The van der Waals surface area contributed by atoms with Gasteiger partial charge in [0.2, 0.25) is 17.7 Å². The topological polar surface area (TPSA) is 70.2 Å². The van der Waals surface area contributed by atoms with Crippen LogP contribution in [0.25, 0.3) is 0 Å². The van der Waals surface area contributed by atoms with Crippen LogP contribution in [-0.2, 0) is 20.8 Å². The summed E-state index contributed by atoms with van der Waals surface area (Å²) in [5, 5.41) is 0. The SMILES string of the molecule is COc1cccc(CC(=O)N2CCN(C(=O)C(C)C)C[C@]3(CC(=O)N(C)C3)C2)c1. The monoisotopic (exact) mass is 401 g/mol. The van der Waals surface area contributed by atoms with Gasteiger partial charge in [-0.1, -0.05) is 26.0 Å². The molecular weight excluding hydrogens is 370 g/mol. The first-order valence-electron chi connectivity index (χ1n) is 10.2. The Bertz CT molecular complexity index is 794. The third-order valence-electron chi connectivity index (χ3n) is 5.86. The molecule has 2 fully saturated rings. The minimum absolute atomic E-state index is 0.0125. The highest BCUT2D eigenvalue weighted by Crippen LogP contribution is 2.35. The summed E-state index contributed by atoms with van der Waals surface area (Å²) in [6.45, 7) is 6.34. The van der Waals surface area contributed by atoms with E-state index in [9.17, 15) is 14.4 Å². The molecule has 0 saturated carbocycles. The van der Waals surface area contributed by atoms with Crippen molar-refractivity contribution in [1.82, 2.24) is 14.7 Å². The number of hydrogen-bond acceptors (Lipinski definition) is 4. The Morgan fingerprint density at radius 2 is 1.83 bits per heavy atom. The van der Waals surface area contributed by atoms with E-state index in [4.69, 9.17) is 4.74 Å². The van der Waals surface area contributed by atoms with Crippen molar-refractivity contribution in [2.24, 2.45) is 11.3 Å². The van der Waals surface area contributed by atoms with Gasteiger partial charge in [-0.25, -0.2) is 0 Å². The van der Waals surface area contributed by atoms with E-state index in [2.05, 4.69) is 0 Å². The Morgan fingerprint density at radius 3 is 2.45 bits per heavy atom. The van der Waals surface area contributed by atoms with Crippen LogP contribution in [0.3, 0.4) is 0 Å². The minimum atomic E-state index is -0.406. The standard InChI is InChI=1S/C22H31N3O4/c1-16(2)21(28)25-9-8-24(14-22(15-25)12-20(27)23(3)13-22)19(26)11-17-6-5-7-18(10-17)29-4/h5-7,10,16H,8-9,11-15H2,1-4H3/t22-/m0/s1. The van der Waals surface area contributed by atoms with E-state index >= 15 is 0 Å². The molecule has 1 aromatic carbocycles. The summed E-state index contributed by atoms with van der Waals surface area (Å²) in [4.78, 5) is 43.5. The zero-order valence-corrected chi connectivity index (χ0v) is 17.8. The lowest BCUT2D eigenvalue weighted by atomic mass is 9.85. The second-order valence-corrected chi connectivity index (χ2v) is 8.68. The smallest absolute Gasteiger partial charge is 0.227 e. The number of carbonyl (C=O) groups excluding carboxylic acids is 3. The average Bonchev–Trinajstić information content (AvgIpc) is 2.85. The van der Waals surface area contributed by atoms with Gasteiger partial charge in [-0.2, -0.15) is 0 Å². The molecule has 2 heterocycles. The molecule has 7 heteroatoms. The number of nitrogens with zero attached hydrogens (tertiary/aromatic N) is 3. The van der Waals surface area contributed by atoms with Gasteiger partial charge >= 0.3 is 0 Å². The maximum Gasteiger partial charge on any atom is 0.227 e. The quantitative estimate of drug-likeness (QED) is 0.765. The van der Waals surface area contributed by atoms with Gasteiger partial charge in [-0.05, 0) is 17.7 Å². The summed E-state index contributed by atoms with van der Waals surface area (Å²) in [6.07, 6.45) is 0.642. The number of hydrogen-bond donors (Lipinski definition) is 0. The first-order valence-corrected chi connectivity index (χ1v) is 10.2. The fourth-order valence-electron chi connectivity index (χ4n) is 4.41. The zero-order valence-electron chi connectivity index (χ0n) is 17.8. The van der Waals surface area contributed by atoms with Crippen molar-refractivity contribution in [2.45, 2.75) is 26.7 Å². The van der Waals surface area contributed by atoms with Crippen molar-refractivity contribution in [3.63, 3.8) is 0 Å². The van der Waals surface area contributed by atoms with Gasteiger partial charge in [0, 0.05) is 57.5 Å². The molecule has 0 N–H and O–H groups in total. The molecule has 3 amide bonds. The molecule has 1 atom stereocenters. The predicted octanol–water partition coefficient (Wildman–Crippen LogP) is 1.41. The van der Waals surface area contributed by atoms with E-state index in [0.717, 1.165) is 11.3 Å². The third kappa shape index (κ3) is 4.71. The number of ether oxygens (including phenoxy) is 1. The van der Waals surface area contributed by atoms with Crippen LogP contribution in [0.15, 0.2) is 24.3 Å². The Labute approximate surface area is 172 Å². The van der Waals surface area contributed by atoms with Crippen LogP contribution in [0.5, 0.6) is 5.75 Å². The highest BCUT2D eigenvalue weighted by Gasteiger charge is 2.47. The largest absolute Gasteiger partial charge is 0.497 e. The molecular formula is C22H31N3O4. The van der Waals surface area contributed by atoms with Crippen LogP contribution in [0, 0.1) is 11.3 Å². The summed E-state index contributed by atoms with van der Waals surface area (Å²) in [7, 11) is 3.40. The summed E-state index contributed by atoms with van der Waals surface area (Å²) in [5.74, 6) is 0.774. The Hall–Kier alpha value is -2.57. The van der Waals surface area contributed by atoms with Crippen LogP contribution in [0.4, 0.5) is 0 Å². The second kappa shape index (κ2) is 8.43. The normalized spacial score (nSPS) is 22.4. The van der Waals surface area contributed by atoms with E-state index in [1.165, 1.54) is 0 Å². The van der Waals surface area contributed by atoms with Crippen molar-refractivity contribution in [2.75, 3.05) is 46.9 Å². The molecule has 2 aliphatic heterocycles. The number of benzene rings is 1. The predicted molar refractivity (Wildman–Crippen MR) is 109 cm³/mol. The third-order valence-corrected chi connectivity index (χ3v) is 5.86. The molecule has 0 unspecified atom stereocenters. The number of methoxy groups -OCH3 is 1. The van der Waals surface area contributed by atoms with E-state index < -0.39 is 5.41 Å². The van der Waals surface area contributed by atoms with E-state index in [1.807, 2.05) is 47.9 Å². The van der Waals surface area contributed by atoms with E-state index in [1.54, 1.807) is 19.1 Å². The first-order chi connectivity index (χ1) is 13.7. The Morgan fingerprint density at radius 1 is 1.14 bits per heavy atom. The molecule has 1 aromatic rings. The van der Waals surface area contributed by atoms with Crippen LogP contribution in [-0.4, -0.2) is 79.3 Å². The van der Waals surface area contributed by atoms with Gasteiger partial charge in [0.1, 0.15) is 5.75 Å². The van der Waals surface area contributed by atoms with Gasteiger partial charge in [0.15, 0.2) is 0 Å². The van der Waals surface area contributed by atoms with E-state index in [-0.39, 0.29) is 30.1 Å². The minimum Gasteiger partial charge on any atom is -0.497 e. The first kappa shape index (κ1) is 21.1. The molecule has 2 saturated heterocycles. The Balaban J connectivity index is 1.80. The number of likely N-dealkylation sites (tertiary alicyclic amines) is 1. The highest BCUT2D eigenvalue weighted by molar-refractivity contribution is 5.82. The van der Waals surface area contributed by atoms with Gasteiger partial charge in [-0.15, -0.1) is 0 Å². The zero-order chi connectivity index (χ0) is 21.2. The van der Waals surface area contributed by atoms with Crippen molar-refractivity contribution in [3.05, 3.63) is 29.8 Å². The lowest BCUT2D eigenvalue weighted by molar-refractivity contribution is -0.136. The maximum atomic E-state index is 13.1. The molecule has 0 aliphatic carbocycles. The van der Waals surface area contributed by atoms with Crippen LogP contribution in [0.1, 0.15) is 25.8 Å². The van der Waals surface area contributed by atoms with Crippen molar-refractivity contribution < 1.29 is 19.1 Å². The maximum absolute atomic E-state index is 13.1. The number of rotatable bonds is 4. The number of carbonyl (C=O) groups is 3. The van der Waals surface area contributed by atoms with E-state index in [0.29, 0.717) is 39.1 Å². The number of amides is 3. The molecule has 0 aromatic heterocycles. The van der Waals surface area contributed by atoms with Crippen LogP contribution in [0.2, 0.25) is 0 Å². The molecule has 158 valence electrons. The average molecular weight is 402 g/mol. The second-order valence-electron chi connectivity index (χ2n) is 8.68. The molecule has 0 bridgehead atoms. The molecule has 0 radical (unpaired) electrons. The van der Waals surface area contributed by atoms with Gasteiger partial charge in [0.05, 0.1) is 13.5 Å². The fourth-order valence-corrected chi connectivity index (χ4v) is 4.41. The van der Waals surface area contributed by atoms with Gasteiger partial charge < -0.3 is 19.4 Å². The Kier molecular flexibility index (Phi) is 6.15. The molecule has 3 rings (SSSR count). The highest BCUT2D eigenvalue weighted by atomic mass is 16.5. The summed E-state index contributed by atoms with van der Waals surface area (Å²) in [6, 6.07) is 7.51. The fraction of sp³-hybridized carbons (Fsp3) is 0.591. The summed E-state index contributed by atoms with van der Waals surface area (Å²) < 4.78 is 5.25. The van der Waals surface area contributed by atoms with Crippen molar-refractivity contribution in [3.8, 4) is 5.75 Å². The van der Waals surface area contributed by atoms with Gasteiger partial charge in [0.25, 0.3) is 0 Å². The molecule has 7 nitrogen and oxygen atoms in total. The van der Waals surface area contributed by atoms with Crippen LogP contribution < -0.4 is 4.74 Å². The lowest BCUT2D eigenvalue weighted by Crippen LogP contribution is -2.46. The summed E-state index contributed by atoms with van der Waals surface area (Å²) in [5.41, 5.74) is 0.485. The van der Waals surface area contributed by atoms with Crippen LogP contribution >= 0.6 is 0 Å².